The number of rotatable bonds is 3. The second kappa shape index (κ2) is 10.6. The number of amides is 3. The maximum Gasteiger partial charge on any atom is 0.410 e. The molecular weight excluding hydrogens is 452 g/mol. The summed E-state index contributed by atoms with van der Waals surface area (Å²) in [7, 11) is 3.60. The van der Waals surface area contributed by atoms with Gasteiger partial charge in [-0.1, -0.05) is 24.3 Å². The molecule has 3 heterocycles. The summed E-state index contributed by atoms with van der Waals surface area (Å²) < 4.78 is 5.39. The van der Waals surface area contributed by atoms with Gasteiger partial charge in [0.25, 0.3) is 0 Å². The summed E-state index contributed by atoms with van der Waals surface area (Å²) in [5.74, 6) is 0. The lowest BCUT2D eigenvalue weighted by molar-refractivity contribution is 0.0556. The van der Waals surface area contributed by atoms with Crippen LogP contribution in [0.1, 0.15) is 88.3 Å². The van der Waals surface area contributed by atoms with Crippen molar-refractivity contribution in [2.75, 3.05) is 33.8 Å². The molecule has 0 saturated carbocycles. The first-order valence-corrected chi connectivity index (χ1v) is 14.2. The number of hydrogen-bond donors (Lipinski definition) is 1. The van der Waals surface area contributed by atoms with Crippen molar-refractivity contribution < 1.29 is 14.3 Å². The standard InChI is InChI=1S/C29H44N4O3/c1-4-36-28(35)33-22-11-9-21(10-12-23(33)14-13-22)32-19-17-29(18-20-32)16-15-26(30-27(34)31(2)3)24-7-5-6-8-25(24)29/h5-8,21-23,26H,4,9-20H2,1-3H3,(H,30,34)/t21?,22?,23?,26-/m0/s1. The van der Waals surface area contributed by atoms with Crippen LogP contribution in [0.5, 0.6) is 0 Å². The van der Waals surface area contributed by atoms with Gasteiger partial charge in [0.15, 0.2) is 0 Å². The fourth-order valence-corrected chi connectivity index (χ4v) is 7.56. The summed E-state index contributed by atoms with van der Waals surface area (Å²) in [5.41, 5.74) is 3.00. The molecule has 2 bridgehead atoms. The molecule has 3 aliphatic heterocycles. The lowest BCUT2D eigenvalue weighted by atomic mass is 9.63. The van der Waals surface area contributed by atoms with Crippen molar-refractivity contribution in [1.82, 2.24) is 20.0 Å². The molecule has 1 aliphatic carbocycles. The van der Waals surface area contributed by atoms with Crippen LogP contribution in [-0.4, -0.2) is 78.7 Å². The van der Waals surface area contributed by atoms with Gasteiger partial charge in [-0.15, -0.1) is 0 Å². The van der Waals surface area contributed by atoms with Crippen molar-refractivity contribution in [3.05, 3.63) is 35.4 Å². The molecule has 3 saturated heterocycles. The van der Waals surface area contributed by atoms with Crippen LogP contribution < -0.4 is 5.32 Å². The zero-order chi connectivity index (χ0) is 25.3. The average Bonchev–Trinajstić information content (AvgIpc) is 3.32. The second-order valence-electron chi connectivity index (χ2n) is 11.6. The Balaban J connectivity index is 1.23. The number of hydrogen-bond acceptors (Lipinski definition) is 4. The maximum absolute atomic E-state index is 12.6. The molecule has 1 aromatic rings. The number of ether oxygens (including phenoxy) is 1. The van der Waals surface area contributed by atoms with E-state index in [0.29, 0.717) is 24.7 Å². The fraction of sp³-hybridized carbons (Fsp3) is 0.724. The molecule has 7 nitrogen and oxygen atoms in total. The molecule has 3 atom stereocenters. The van der Waals surface area contributed by atoms with Gasteiger partial charge in [0.2, 0.25) is 0 Å². The molecular formula is C29H44N4O3. The number of nitrogens with zero attached hydrogens (tertiary/aromatic N) is 3. The quantitative estimate of drug-likeness (QED) is 0.635. The second-order valence-corrected chi connectivity index (χ2v) is 11.6. The Morgan fingerprint density at radius 2 is 1.56 bits per heavy atom. The minimum absolute atomic E-state index is 0.0136. The van der Waals surface area contributed by atoms with E-state index in [4.69, 9.17) is 4.74 Å². The SMILES string of the molecule is CCOC(=O)N1C2CCC(N3CCC4(CC[C@H](NC(=O)N(C)C)c5ccccc54)CC3)CCC1CC2. The fourth-order valence-electron chi connectivity index (χ4n) is 7.56. The van der Waals surface area contributed by atoms with Gasteiger partial charge in [-0.2, -0.15) is 0 Å². The van der Waals surface area contributed by atoms with E-state index in [9.17, 15) is 9.59 Å². The summed E-state index contributed by atoms with van der Waals surface area (Å²) in [5, 5.41) is 3.24. The molecule has 2 unspecified atom stereocenters. The zero-order valence-electron chi connectivity index (χ0n) is 22.4. The van der Waals surface area contributed by atoms with Gasteiger partial charge in [-0.25, -0.2) is 9.59 Å². The van der Waals surface area contributed by atoms with Crippen LogP contribution in [0.2, 0.25) is 0 Å². The van der Waals surface area contributed by atoms with Crippen LogP contribution in [0.4, 0.5) is 9.59 Å². The van der Waals surface area contributed by atoms with Gasteiger partial charge in [0.1, 0.15) is 0 Å². The highest BCUT2D eigenvalue weighted by atomic mass is 16.6. The summed E-state index contributed by atoms with van der Waals surface area (Å²) in [6.45, 7) is 4.64. The van der Waals surface area contributed by atoms with E-state index < -0.39 is 0 Å². The van der Waals surface area contributed by atoms with Crippen LogP contribution in [-0.2, 0) is 10.2 Å². The molecule has 3 amide bonds. The Morgan fingerprint density at radius 1 is 0.944 bits per heavy atom. The molecule has 198 valence electrons. The molecule has 4 aliphatic rings. The largest absolute Gasteiger partial charge is 0.450 e. The van der Waals surface area contributed by atoms with Crippen molar-refractivity contribution in [1.29, 1.82) is 0 Å². The molecule has 3 fully saturated rings. The summed E-state index contributed by atoms with van der Waals surface area (Å²) >= 11 is 0. The highest BCUT2D eigenvalue weighted by Crippen LogP contribution is 2.48. The van der Waals surface area contributed by atoms with Gasteiger partial charge in [-0.05, 0) is 101 Å². The molecule has 1 aromatic carbocycles. The average molecular weight is 497 g/mol. The maximum atomic E-state index is 12.6. The first-order chi connectivity index (χ1) is 17.4. The number of urea groups is 1. The van der Waals surface area contributed by atoms with Gasteiger partial charge in [0.05, 0.1) is 12.6 Å². The predicted molar refractivity (Wildman–Crippen MR) is 141 cm³/mol. The third-order valence-electron chi connectivity index (χ3n) is 9.56. The molecule has 1 spiro atoms. The van der Waals surface area contributed by atoms with E-state index in [1.165, 1.54) is 36.8 Å². The number of fused-ring (bicyclic) bond motifs is 4. The van der Waals surface area contributed by atoms with E-state index in [1.807, 2.05) is 6.92 Å². The third-order valence-corrected chi connectivity index (χ3v) is 9.56. The first-order valence-electron chi connectivity index (χ1n) is 14.2. The predicted octanol–water partition coefficient (Wildman–Crippen LogP) is 5.06. The molecule has 1 N–H and O–H groups in total. The van der Waals surface area contributed by atoms with Crippen LogP contribution in [0, 0.1) is 0 Å². The summed E-state index contributed by atoms with van der Waals surface area (Å²) in [6.07, 6.45) is 11.2. The molecule has 0 aromatic heterocycles. The van der Waals surface area contributed by atoms with E-state index in [2.05, 4.69) is 39.4 Å². The van der Waals surface area contributed by atoms with E-state index in [-0.39, 0.29) is 23.6 Å². The van der Waals surface area contributed by atoms with E-state index in [0.717, 1.165) is 51.6 Å². The van der Waals surface area contributed by atoms with Crippen molar-refractivity contribution >= 4 is 12.1 Å². The smallest absolute Gasteiger partial charge is 0.410 e. The van der Waals surface area contributed by atoms with Crippen molar-refractivity contribution in [3.8, 4) is 0 Å². The third kappa shape index (κ3) is 4.83. The van der Waals surface area contributed by atoms with Gasteiger partial charge >= 0.3 is 12.1 Å². The molecule has 0 radical (unpaired) electrons. The Morgan fingerprint density at radius 3 is 2.17 bits per heavy atom. The number of benzene rings is 1. The normalized spacial score (nSPS) is 29.7. The zero-order valence-corrected chi connectivity index (χ0v) is 22.4. The van der Waals surface area contributed by atoms with Crippen molar-refractivity contribution in [3.63, 3.8) is 0 Å². The number of nitrogens with one attached hydrogen (secondary N) is 1. The minimum atomic E-state index is -0.0978. The minimum Gasteiger partial charge on any atom is -0.450 e. The number of carbonyl (C=O) groups is 2. The Labute approximate surface area is 216 Å². The first kappa shape index (κ1) is 25.4. The van der Waals surface area contributed by atoms with E-state index in [1.54, 1.807) is 19.0 Å². The highest BCUT2D eigenvalue weighted by molar-refractivity contribution is 5.74. The van der Waals surface area contributed by atoms with Crippen molar-refractivity contribution in [2.45, 2.75) is 101 Å². The molecule has 5 rings (SSSR count). The lowest BCUT2D eigenvalue weighted by Crippen LogP contribution is -2.51. The Bertz CT molecular complexity index is 926. The monoisotopic (exact) mass is 496 g/mol. The van der Waals surface area contributed by atoms with Crippen LogP contribution in [0.25, 0.3) is 0 Å². The summed E-state index contributed by atoms with van der Waals surface area (Å²) in [4.78, 5) is 31.4. The van der Waals surface area contributed by atoms with Crippen LogP contribution >= 0.6 is 0 Å². The summed E-state index contributed by atoms with van der Waals surface area (Å²) in [6, 6.07) is 10.2. The Kier molecular flexibility index (Phi) is 7.47. The highest BCUT2D eigenvalue weighted by Gasteiger charge is 2.44. The topological polar surface area (TPSA) is 65.1 Å². The lowest BCUT2D eigenvalue weighted by Gasteiger charge is -2.49. The number of carbonyl (C=O) groups excluding carboxylic acids is 2. The van der Waals surface area contributed by atoms with Crippen molar-refractivity contribution in [2.24, 2.45) is 0 Å². The van der Waals surface area contributed by atoms with Crippen LogP contribution in [0.15, 0.2) is 24.3 Å². The molecule has 36 heavy (non-hydrogen) atoms. The van der Waals surface area contributed by atoms with Gasteiger partial charge in [0, 0.05) is 32.2 Å². The number of likely N-dealkylation sites (tertiary alicyclic amines) is 1. The van der Waals surface area contributed by atoms with Gasteiger partial charge in [-0.3, -0.25) is 0 Å². The van der Waals surface area contributed by atoms with Crippen LogP contribution in [0.3, 0.4) is 0 Å². The Hall–Kier alpha value is -2.28. The van der Waals surface area contributed by atoms with E-state index >= 15 is 0 Å². The molecule has 7 heteroatoms. The number of piperidine rings is 1. The van der Waals surface area contributed by atoms with Gasteiger partial charge < -0.3 is 24.8 Å².